The standard InChI is InChI=1S/C33H31N2O2.C15H28O2.Ir/c1-19(2)11-24-18-36-30-14-21(7-8-26(24)30)27-15-29(35-32-31(27)20(3)17-37-32)22-12-23-16-34-10-9-25(23)28(13-22)33(4,5)6;1-7-14(5,8-2)12(16)11-13(17)15(6,9-3)10-4;/h7-10,13-19H,11H2,1-6H3;11,16H,7-10H2,1-6H3;/q-1;;/b;12-11-;. The summed E-state index contributed by atoms with van der Waals surface area (Å²) in [7, 11) is 0. The van der Waals surface area contributed by atoms with E-state index in [0.29, 0.717) is 11.6 Å². The van der Waals surface area contributed by atoms with Crippen molar-refractivity contribution in [1.29, 1.82) is 0 Å². The number of allylic oxidation sites excluding steroid dienone is 2. The van der Waals surface area contributed by atoms with Gasteiger partial charge in [-0.25, -0.2) is 0 Å². The molecule has 7 heteroatoms. The molecular weight excluding hydrogens is 861 g/mol. The Bertz CT molecular complexity index is 2290. The van der Waals surface area contributed by atoms with Crippen molar-refractivity contribution in [2.75, 3.05) is 0 Å². The number of rotatable bonds is 11. The molecule has 6 rings (SSSR count). The Morgan fingerprint density at radius 2 is 1.56 bits per heavy atom. The van der Waals surface area contributed by atoms with Crippen LogP contribution >= 0.6 is 0 Å². The molecule has 4 heterocycles. The Morgan fingerprint density at radius 3 is 2.18 bits per heavy atom. The number of aliphatic hydroxyl groups is 1. The summed E-state index contributed by atoms with van der Waals surface area (Å²) in [6.45, 7) is 25.3. The van der Waals surface area contributed by atoms with Crippen LogP contribution in [0, 0.1) is 29.7 Å². The zero-order chi connectivity index (χ0) is 39.6. The molecule has 55 heavy (non-hydrogen) atoms. The van der Waals surface area contributed by atoms with Gasteiger partial charge in [0.25, 0.3) is 0 Å². The van der Waals surface area contributed by atoms with Gasteiger partial charge in [-0.3, -0.25) is 9.78 Å². The van der Waals surface area contributed by atoms with Gasteiger partial charge in [-0.15, -0.1) is 17.7 Å². The van der Waals surface area contributed by atoms with Crippen LogP contribution < -0.4 is 0 Å². The van der Waals surface area contributed by atoms with Gasteiger partial charge in [0.05, 0.1) is 12.5 Å². The Balaban J connectivity index is 0.000000320. The molecule has 0 atom stereocenters. The number of carbonyl (C=O) groups excluding carboxylic acids is 1. The second kappa shape index (κ2) is 17.4. The van der Waals surface area contributed by atoms with E-state index in [1.54, 1.807) is 6.26 Å². The van der Waals surface area contributed by atoms with E-state index >= 15 is 0 Å². The van der Waals surface area contributed by atoms with E-state index in [0.717, 1.165) is 76.4 Å². The minimum Gasteiger partial charge on any atom is -0.512 e. The molecular formula is C48H59IrN2O4-. The van der Waals surface area contributed by atoms with Crippen molar-refractivity contribution in [2.45, 2.75) is 121 Å². The number of carbonyl (C=O) groups is 1. The first-order valence-corrected chi connectivity index (χ1v) is 19.6. The first kappa shape index (κ1) is 43.7. The van der Waals surface area contributed by atoms with Crippen LogP contribution in [0.15, 0.2) is 82.0 Å². The van der Waals surface area contributed by atoms with Crippen molar-refractivity contribution in [3.8, 4) is 22.4 Å². The second-order valence-electron chi connectivity index (χ2n) is 16.9. The van der Waals surface area contributed by atoms with Crippen LogP contribution in [-0.2, 0) is 36.7 Å². The normalized spacial score (nSPS) is 12.6. The monoisotopic (exact) mass is 920 g/mol. The Kier molecular flexibility index (Phi) is 13.8. The molecule has 0 bridgehead atoms. The molecule has 295 valence electrons. The van der Waals surface area contributed by atoms with Crippen molar-refractivity contribution in [2.24, 2.45) is 16.7 Å². The number of pyridine rings is 2. The molecule has 1 radical (unpaired) electrons. The largest absolute Gasteiger partial charge is 0.512 e. The fourth-order valence-electron chi connectivity index (χ4n) is 6.98. The SMILES string of the molecule is CCC(C)(CC)C(=O)/C=C(\O)C(C)(CC)CC.Cc1coc2nc(-c3[c-]c4cnccc4c(C(C)(C)C)c3)cc(-c3ccc4c(CC(C)C)coc4c3)c12.[Ir]. The van der Waals surface area contributed by atoms with Crippen molar-refractivity contribution < 1.29 is 38.8 Å². The molecule has 0 amide bonds. The molecule has 0 aliphatic rings. The van der Waals surface area contributed by atoms with Gasteiger partial charge in [0.15, 0.2) is 5.78 Å². The number of aliphatic hydroxyl groups excluding tert-OH is 1. The van der Waals surface area contributed by atoms with E-state index in [1.807, 2.05) is 60.2 Å². The summed E-state index contributed by atoms with van der Waals surface area (Å²) < 4.78 is 11.9. The van der Waals surface area contributed by atoms with Crippen molar-refractivity contribution in [1.82, 2.24) is 9.97 Å². The van der Waals surface area contributed by atoms with Crippen LogP contribution in [0.1, 0.15) is 119 Å². The number of ketones is 1. The number of hydrogen-bond acceptors (Lipinski definition) is 6. The fourth-order valence-corrected chi connectivity index (χ4v) is 6.98. The first-order chi connectivity index (χ1) is 25.5. The summed E-state index contributed by atoms with van der Waals surface area (Å²) in [5, 5.41) is 14.5. The van der Waals surface area contributed by atoms with E-state index in [4.69, 9.17) is 13.8 Å². The Labute approximate surface area is 341 Å². The summed E-state index contributed by atoms with van der Waals surface area (Å²) in [5.74, 6) is 0.858. The number of benzene rings is 2. The third-order valence-electron chi connectivity index (χ3n) is 11.7. The van der Waals surface area contributed by atoms with Gasteiger partial charge in [-0.2, -0.15) is 0 Å². The number of fused-ring (bicyclic) bond motifs is 3. The first-order valence-electron chi connectivity index (χ1n) is 19.6. The van der Waals surface area contributed by atoms with Crippen LogP contribution in [0.3, 0.4) is 0 Å². The molecule has 6 nitrogen and oxygen atoms in total. The van der Waals surface area contributed by atoms with E-state index < -0.39 is 0 Å². The second-order valence-corrected chi connectivity index (χ2v) is 16.9. The van der Waals surface area contributed by atoms with Crippen LogP contribution in [0.4, 0.5) is 0 Å². The fraction of sp³-hybridized carbons (Fsp3) is 0.438. The van der Waals surface area contributed by atoms with Crippen molar-refractivity contribution >= 4 is 38.6 Å². The molecule has 0 spiro atoms. The summed E-state index contributed by atoms with van der Waals surface area (Å²) in [6, 6.07) is 16.5. The molecule has 0 fully saturated rings. The maximum Gasteiger partial charge on any atom is 0.219 e. The molecule has 4 aromatic heterocycles. The summed E-state index contributed by atoms with van der Waals surface area (Å²) in [6.07, 6.45) is 13.2. The van der Waals surface area contributed by atoms with E-state index in [2.05, 4.69) is 89.0 Å². The molecule has 0 aliphatic carbocycles. The number of furan rings is 2. The minimum atomic E-state index is -0.337. The molecule has 0 saturated heterocycles. The average molecular weight is 920 g/mol. The van der Waals surface area contributed by atoms with Gasteiger partial charge < -0.3 is 18.9 Å². The van der Waals surface area contributed by atoms with E-state index in [9.17, 15) is 9.90 Å². The molecule has 1 N–H and O–H groups in total. The van der Waals surface area contributed by atoms with Crippen LogP contribution in [0.25, 0.3) is 55.2 Å². The summed E-state index contributed by atoms with van der Waals surface area (Å²) >= 11 is 0. The van der Waals surface area contributed by atoms with Gasteiger partial charge in [0.1, 0.15) is 11.3 Å². The summed E-state index contributed by atoms with van der Waals surface area (Å²) in [5.41, 5.74) is 8.35. The van der Waals surface area contributed by atoms with Crippen LogP contribution in [-0.4, -0.2) is 20.9 Å². The number of nitrogens with zero attached hydrogens (tertiary/aromatic N) is 2. The van der Waals surface area contributed by atoms with Gasteiger partial charge >= 0.3 is 0 Å². The topological polar surface area (TPSA) is 89.4 Å². The average Bonchev–Trinajstić information content (AvgIpc) is 3.74. The van der Waals surface area contributed by atoms with E-state index in [-0.39, 0.29) is 47.9 Å². The molecule has 0 aliphatic heterocycles. The quantitative estimate of drug-likeness (QED) is 0.0791. The van der Waals surface area contributed by atoms with E-state index in [1.165, 1.54) is 28.0 Å². The van der Waals surface area contributed by atoms with Gasteiger partial charge in [0, 0.05) is 59.7 Å². The predicted molar refractivity (Wildman–Crippen MR) is 224 cm³/mol. The maximum absolute atomic E-state index is 12.2. The predicted octanol–water partition coefficient (Wildman–Crippen LogP) is 13.7. The van der Waals surface area contributed by atoms with Gasteiger partial charge in [-0.1, -0.05) is 117 Å². The minimum absolute atomic E-state index is 0. The zero-order valence-corrected chi connectivity index (χ0v) is 37.3. The molecule has 6 aromatic rings. The Morgan fingerprint density at radius 1 is 0.891 bits per heavy atom. The van der Waals surface area contributed by atoms with Gasteiger partial charge in [0.2, 0.25) is 5.71 Å². The number of aromatic nitrogens is 2. The molecule has 0 unspecified atom stereocenters. The van der Waals surface area contributed by atoms with Crippen LogP contribution in [0.5, 0.6) is 0 Å². The number of aryl methyl sites for hydroxylation is 1. The third-order valence-corrected chi connectivity index (χ3v) is 11.7. The smallest absolute Gasteiger partial charge is 0.219 e. The number of hydrogen-bond donors (Lipinski definition) is 1. The molecule has 0 saturated carbocycles. The van der Waals surface area contributed by atoms with Crippen molar-refractivity contribution in [3.63, 3.8) is 0 Å². The summed E-state index contributed by atoms with van der Waals surface area (Å²) in [4.78, 5) is 21.5. The third kappa shape index (κ3) is 9.16. The van der Waals surface area contributed by atoms with Crippen LogP contribution in [0.2, 0.25) is 0 Å². The molecule has 2 aromatic carbocycles. The zero-order valence-electron chi connectivity index (χ0n) is 34.9. The maximum atomic E-state index is 12.2. The van der Waals surface area contributed by atoms with Crippen molar-refractivity contribution in [3.05, 3.63) is 95.9 Å². The van der Waals surface area contributed by atoms with Gasteiger partial charge in [-0.05, 0) is 84.9 Å². The Hall–Kier alpha value is -4.06.